The Morgan fingerprint density at radius 3 is 2.29 bits per heavy atom. The molecule has 2 aromatic heterocycles. The summed E-state index contributed by atoms with van der Waals surface area (Å²) in [5.41, 5.74) is 5.32. The minimum absolute atomic E-state index is 0.0979. The van der Waals surface area contributed by atoms with Crippen LogP contribution < -0.4 is 19.9 Å². The van der Waals surface area contributed by atoms with Crippen molar-refractivity contribution in [2.75, 3.05) is 31.0 Å². The predicted molar refractivity (Wildman–Crippen MR) is 141 cm³/mol. The molecule has 0 saturated carbocycles. The van der Waals surface area contributed by atoms with E-state index >= 15 is 0 Å². The number of ether oxygens (including phenoxy) is 1. The second kappa shape index (κ2) is 9.19. The fourth-order valence-corrected chi connectivity index (χ4v) is 4.80. The maximum Gasteiger partial charge on any atom is 0.174 e. The van der Waals surface area contributed by atoms with Crippen molar-refractivity contribution in [1.29, 1.82) is 0 Å². The van der Waals surface area contributed by atoms with Crippen LogP contribution in [-0.2, 0) is 0 Å². The number of nitrogens with zero attached hydrogens (tertiary/aromatic N) is 4. The van der Waals surface area contributed by atoms with Crippen LogP contribution >= 0.6 is 12.2 Å². The first kappa shape index (κ1) is 22.0. The lowest BCUT2D eigenvalue weighted by molar-refractivity contribution is 0.415. The lowest BCUT2D eigenvalue weighted by Crippen LogP contribution is -2.30. The van der Waals surface area contributed by atoms with Gasteiger partial charge in [0.05, 0.1) is 18.8 Å². The minimum atomic E-state index is -0.106. The molecule has 7 heteroatoms. The molecule has 0 unspecified atom stereocenters. The van der Waals surface area contributed by atoms with E-state index in [-0.39, 0.29) is 12.1 Å². The summed E-state index contributed by atoms with van der Waals surface area (Å²) in [6, 6.07) is 26.6. The van der Waals surface area contributed by atoms with E-state index in [0.29, 0.717) is 5.11 Å². The molecule has 172 valence electrons. The van der Waals surface area contributed by atoms with Gasteiger partial charge in [-0.1, -0.05) is 6.07 Å². The summed E-state index contributed by atoms with van der Waals surface area (Å²) in [6.45, 7) is 0. The quantitative estimate of drug-likeness (QED) is 0.395. The monoisotopic (exact) mass is 469 g/mol. The highest BCUT2D eigenvalue weighted by atomic mass is 32.1. The van der Waals surface area contributed by atoms with Crippen LogP contribution in [0.2, 0.25) is 0 Å². The molecule has 2 atom stereocenters. The molecule has 1 saturated heterocycles. The molecule has 2 aromatic carbocycles. The standard InChI is InChI=1S/C27H27N5OS/c1-30(2)19-9-11-20(12-10-19)31-18-6-8-24(31)26-25(23-7-4-5-17-28-23)29-27(34)32(26)21-13-15-22(33-3)16-14-21/h4-18,25-26H,1-3H3,(H,29,34)/t25-,26-/m1/s1. The molecule has 0 spiro atoms. The van der Waals surface area contributed by atoms with Crippen LogP contribution in [-0.4, -0.2) is 35.9 Å². The fraction of sp³-hybridized carbons (Fsp3) is 0.185. The highest BCUT2D eigenvalue weighted by Crippen LogP contribution is 2.42. The highest BCUT2D eigenvalue weighted by molar-refractivity contribution is 7.80. The SMILES string of the molecule is COc1ccc(N2C(=S)N[C@H](c3ccccn3)[C@H]2c2cccn2-c2ccc(N(C)C)cc2)cc1. The van der Waals surface area contributed by atoms with Crippen LogP contribution in [0.4, 0.5) is 11.4 Å². The zero-order chi connectivity index (χ0) is 23.7. The van der Waals surface area contributed by atoms with E-state index in [2.05, 4.69) is 67.3 Å². The summed E-state index contributed by atoms with van der Waals surface area (Å²) in [7, 11) is 5.77. The summed E-state index contributed by atoms with van der Waals surface area (Å²) < 4.78 is 7.60. The molecule has 3 heterocycles. The lowest BCUT2D eigenvalue weighted by atomic mass is 10.0. The average Bonchev–Trinajstić information content (AvgIpc) is 3.49. The first-order valence-corrected chi connectivity index (χ1v) is 11.6. The number of methoxy groups -OCH3 is 1. The summed E-state index contributed by atoms with van der Waals surface area (Å²) in [5.74, 6) is 0.809. The number of hydrogen-bond donors (Lipinski definition) is 1. The van der Waals surface area contributed by atoms with E-state index in [9.17, 15) is 0 Å². The molecule has 5 rings (SSSR count). The maximum absolute atomic E-state index is 5.86. The Kier molecular flexibility index (Phi) is 5.94. The zero-order valence-electron chi connectivity index (χ0n) is 19.4. The van der Waals surface area contributed by atoms with Gasteiger partial charge in [-0.25, -0.2) is 0 Å². The van der Waals surface area contributed by atoms with Gasteiger partial charge in [0.15, 0.2) is 5.11 Å². The molecule has 4 aromatic rings. The maximum atomic E-state index is 5.86. The third-order valence-corrected chi connectivity index (χ3v) is 6.49. The van der Waals surface area contributed by atoms with Gasteiger partial charge in [-0.3, -0.25) is 4.98 Å². The molecule has 1 N–H and O–H groups in total. The van der Waals surface area contributed by atoms with Crippen LogP contribution in [0.5, 0.6) is 5.75 Å². The Hall–Kier alpha value is -3.84. The van der Waals surface area contributed by atoms with Crippen molar-refractivity contribution in [3.63, 3.8) is 0 Å². The van der Waals surface area contributed by atoms with Crippen molar-refractivity contribution in [1.82, 2.24) is 14.9 Å². The van der Waals surface area contributed by atoms with Crippen molar-refractivity contribution in [3.05, 3.63) is 103 Å². The number of benzene rings is 2. The topological polar surface area (TPSA) is 45.6 Å². The molecule has 6 nitrogen and oxygen atoms in total. The van der Waals surface area contributed by atoms with E-state index in [1.54, 1.807) is 7.11 Å². The van der Waals surface area contributed by atoms with Crippen LogP contribution in [0.3, 0.4) is 0 Å². The van der Waals surface area contributed by atoms with Gasteiger partial charge in [0, 0.05) is 49.2 Å². The Morgan fingerprint density at radius 2 is 1.65 bits per heavy atom. The normalized spacial score (nSPS) is 17.5. The van der Waals surface area contributed by atoms with Gasteiger partial charge < -0.3 is 24.4 Å². The third-order valence-electron chi connectivity index (χ3n) is 6.18. The Morgan fingerprint density at radius 1 is 0.912 bits per heavy atom. The molecular weight excluding hydrogens is 442 g/mol. The second-order valence-corrected chi connectivity index (χ2v) is 8.80. The van der Waals surface area contributed by atoms with E-state index in [4.69, 9.17) is 17.0 Å². The van der Waals surface area contributed by atoms with Gasteiger partial charge >= 0.3 is 0 Å². The molecule has 34 heavy (non-hydrogen) atoms. The minimum Gasteiger partial charge on any atom is -0.497 e. The molecule has 0 radical (unpaired) electrons. The van der Waals surface area contributed by atoms with Gasteiger partial charge in [0.25, 0.3) is 0 Å². The number of thiocarbonyl (C=S) groups is 1. The second-order valence-electron chi connectivity index (χ2n) is 8.41. The van der Waals surface area contributed by atoms with Gasteiger partial charge in [-0.05, 0) is 85.0 Å². The number of aromatic nitrogens is 2. The summed E-state index contributed by atoms with van der Waals surface area (Å²) in [6.07, 6.45) is 3.93. The summed E-state index contributed by atoms with van der Waals surface area (Å²) >= 11 is 5.86. The van der Waals surface area contributed by atoms with Crippen molar-refractivity contribution in [2.24, 2.45) is 0 Å². The van der Waals surface area contributed by atoms with Crippen molar-refractivity contribution >= 4 is 28.7 Å². The van der Waals surface area contributed by atoms with E-state index in [0.717, 1.165) is 34.2 Å². The fourth-order valence-electron chi connectivity index (χ4n) is 4.46. The first-order valence-electron chi connectivity index (χ1n) is 11.2. The molecule has 1 aliphatic heterocycles. The third kappa shape index (κ3) is 3.99. The number of pyridine rings is 1. The van der Waals surface area contributed by atoms with Crippen molar-refractivity contribution in [2.45, 2.75) is 12.1 Å². The van der Waals surface area contributed by atoms with Crippen molar-refractivity contribution < 1.29 is 4.74 Å². The predicted octanol–water partition coefficient (Wildman–Crippen LogP) is 5.12. The number of nitrogens with one attached hydrogen (secondary N) is 1. The first-order chi connectivity index (χ1) is 16.6. The van der Waals surface area contributed by atoms with E-state index in [1.165, 1.54) is 0 Å². The molecule has 0 amide bonds. The van der Waals surface area contributed by atoms with Crippen LogP contribution in [0, 0.1) is 0 Å². The van der Waals surface area contributed by atoms with Crippen LogP contribution in [0.15, 0.2) is 91.3 Å². The van der Waals surface area contributed by atoms with E-state index < -0.39 is 0 Å². The Balaban J connectivity index is 1.61. The van der Waals surface area contributed by atoms with E-state index in [1.807, 2.05) is 62.8 Å². The molecule has 0 bridgehead atoms. The zero-order valence-corrected chi connectivity index (χ0v) is 20.2. The van der Waals surface area contributed by atoms with Crippen molar-refractivity contribution in [3.8, 4) is 11.4 Å². The van der Waals surface area contributed by atoms with Crippen LogP contribution in [0.1, 0.15) is 23.5 Å². The highest BCUT2D eigenvalue weighted by Gasteiger charge is 2.42. The molecule has 1 aliphatic rings. The van der Waals surface area contributed by atoms with Gasteiger partial charge in [0.2, 0.25) is 0 Å². The number of hydrogen-bond acceptors (Lipinski definition) is 4. The smallest absolute Gasteiger partial charge is 0.174 e. The van der Waals surface area contributed by atoms with Gasteiger partial charge in [0.1, 0.15) is 11.8 Å². The lowest BCUT2D eigenvalue weighted by Gasteiger charge is -2.29. The molecule has 0 aliphatic carbocycles. The van der Waals surface area contributed by atoms with Gasteiger partial charge in [-0.2, -0.15) is 0 Å². The molecular formula is C27H27N5OS. The Bertz CT molecular complexity index is 1270. The largest absolute Gasteiger partial charge is 0.497 e. The van der Waals surface area contributed by atoms with Gasteiger partial charge in [-0.15, -0.1) is 0 Å². The average molecular weight is 470 g/mol. The number of anilines is 2. The Labute approximate surface area is 205 Å². The summed E-state index contributed by atoms with van der Waals surface area (Å²) in [5, 5.41) is 4.20. The summed E-state index contributed by atoms with van der Waals surface area (Å²) in [4.78, 5) is 8.93. The molecule has 1 fully saturated rings. The number of rotatable bonds is 6. The van der Waals surface area contributed by atoms with Crippen LogP contribution in [0.25, 0.3) is 5.69 Å².